The van der Waals surface area contributed by atoms with Gasteiger partial charge in [-0.15, -0.1) is 0 Å². The summed E-state index contributed by atoms with van der Waals surface area (Å²) < 4.78 is 11.1. The van der Waals surface area contributed by atoms with Crippen LogP contribution < -0.4 is 15.6 Å². The number of nitrogens with zero attached hydrogens (tertiary/aromatic N) is 2. The minimum absolute atomic E-state index is 0.269. The van der Waals surface area contributed by atoms with Crippen molar-refractivity contribution < 1.29 is 19.1 Å². The average Bonchev–Trinajstić information content (AvgIpc) is 2.80. The number of carbonyl (C=O) groups is 2. The molecule has 1 atom stereocenters. The van der Waals surface area contributed by atoms with Crippen LogP contribution in [-0.2, 0) is 27.3 Å². The van der Waals surface area contributed by atoms with Crippen LogP contribution in [-0.4, -0.2) is 41.9 Å². The fourth-order valence-electron chi connectivity index (χ4n) is 3.06. The number of esters is 1. The van der Waals surface area contributed by atoms with Gasteiger partial charge < -0.3 is 14.8 Å². The lowest BCUT2D eigenvalue weighted by Crippen LogP contribution is -2.45. The van der Waals surface area contributed by atoms with Crippen molar-refractivity contribution in [2.45, 2.75) is 19.0 Å². The largest absolute Gasteiger partial charge is 0.497 e. The van der Waals surface area contributed by atoms with Crippen molar-refractivity contribution in [3.63, 3.8) is 0 Å². The van der Waals surface area contributed by atoms with E-state index < -0.39 is 23.5 Å². The molecule has 3 rings (SSSR count). The molecular formula is C23H23N3O5. The van der Waals surface area contributed by atoms with Crippen LogP contribution >= 0.6 is 0 Å². The Kier molecular flexibility index (Phi) is 7.16. The predicted molar refractivity (Wildman–Crippen MR) is 115 cm³/mol. The Hall–Kier alpha value is -3.94. The van der Waals surface area contributed by atoms with Crippen molar-refractivity contribution in [1.82, 2.24) is 15.1 Å². The maximum Gasteiger partial charge on any atom is 0.328 e. The number of hydrogen-bond donors (Lipinski definition) is 1. The topological polar surface area (TPSA) is 99.5 Å². The van der Waals surface area contributed by atoms with Gasteiger partial charge in [-0.1, -0.05) is 42.5 Å². The summed E-state index contributed by atoms with van der Waals surface area (Å²) in [7, 11) is 2.82. The van der Waals surface area contributed by atoms with Crippen LogP contribution in [0.2, 0.25) is 0 Å². The van der Waals surface area contributed by atoms with E-state index in [-0.39, 0.29) is 13.0 Å². The molecule has 160 valence electrons. The fourth-order valence-corrected chi connectivity index (χ4v) is 3.06. The number of rotatable bonds is 8. The fraction of sp³-hybridized carbons (Fsp3) is 0.217. The van der Waals surface area contributed by atoms with E-state index >= 15 is 0 Å². The molecular weight excluding hydrogens is 398 g/mol. The highest BCUT2D eigenvalue weighted by atomic mass is 16.5. The molecule has 2 aromatic carbocycles. The Morgan fingerprint density at radius 1 is 1.03 bits per heavy atom. The molecule has 3 aromatic rings. The van der Waals surface area contributed by atoms with Crippen molar-refractivity contribution in [2.24, 2.45) is 0 Å². The van der Waals surface area contributed by atoms with Crippen molar-refractivity contribution in [2.75, 3.05) is 14.2 Å². The summed E-state index contributed by atoms with van der Waals surface area (Å²) in [5.41, 5.74) is 1.69. The van der Waals surface area contributed by atoms with E-state index in [1.54, 1.807) is 25.3 Å². The number of benzene rings is 2. The first-order valence-electron chi connectivity index (χ1n) is 9.64. The third-order valence-electron chi connectivity index (χ3n) is 4.63. The summed E-state index contributed by atoms with van der Waals surface area (Å²) in [5, 5.41) is 6.92. The monoisotopic (exact) mass is 421 g/mol. The quantitative estimate of drug-likeness (QED) is 0.557. The van der Waals surface area contributed by atoms with Crippen LogP contribution in [0.25, 0.3) is 11.3 Å². The summed E-state index contributed by atoms with van der Waals surface area (Å²) in [5.74, 6) is -0.442. The Morgan fingerprint density at radius 3 is 2.52 bits per heavy atom. The van der Waals surface area contributed by atoms with E-state index in [2.05, 4.69) is 10.4 Å². The molecule has 1 heterocycles. The zero-order valence-electron chi connectivity index (χ0n) is 17.3. The number of methoxy groups -OCH3 is 2. The molecule has 8 heteroatoms. The highest BCUT2D eigenvalue weighted by molar-refractivity contribution is 5.84. The summed E-state index contributed by atoms with van der Waals surface area (Å²) >= 11 is 0. The molecule has 0 saturated carbocycles. The molecule has 1 N–H and O–H groups in total. The van der Waals surface area contributed by atoms with Crippen LogP contribution in [0.15, 0.2) is 71.5 Å². The minimum atomic E-state index is -0.878. The highest BCUT2D eigenvalue weighted by Gasteiger charge is 2.22. The molecule has 0 spiro atoms. The molecule has 0 aliphatic heterocycles. The lowest BCUT2D eigenvalue weighted by Gasteiger charge is -2.17. The molecule has 0 fully saturated rings. The Bertz CT molecular complexity index is 1110. The van der Waals surface area contributed by atoms with Crippen LogP contribution in [0.4, 0.5) is 0 Å². The van der Waals surface area contributed by atoms with Crippen LogP contribution in [0, 0.1) is 0 Å². The number of hydrogen-bond acceptors (Lipinski definition) is 6. The first kappa shape index (κ1) is 21.8. The maximum absolute atomic E-state index is 12.6. The average molecular weight is 421 g/mol. The zero-order valence-corrected chi connectivity index (χ0v) is 17.3. The molecule has 0 radical (unpaired) electrons. The van der Waals surface area contributed by atoms with Gasteiger partial charge in [-0.2, -0.15) is 5.10 Å². The lowest BCUT2D eigenvalue weighted by molar-refractivity contribution is -0.145. The van der Waals surface area contributed by atoms with Gasteiger partial charge in [0.25, 0.3) is 5.56 Å². The number of aromatic nitrogens is 2. The molecule has 31 heavy (non-hydrogen) atoms. The Morgan fingerprint density at radius 2 is 1.81 bits per heavy atom. The van der Waals surface area contributed by atoms with E-state index in [0.29, 0.717) is 11.4 Å². The van der Waals surface area contributed by atoms with Gasteiger partial charge in [0.05, 0.1) is 19.9 Å². The second-order valence-electron chi connectivity index (χ2n) is 6.78. The number of amides is 1. The maximum atomic E-state index is 12.6. The molecule has 0 aliphatic carbocycles. The van der Waals surface area contributed by atoms with Crippen molar-refractivity contribution in [3.05, 3.63) is 82.6 Å². The molecule has 0 aliphatic rings. The molecule has 1 aromatic heterocycles. The number of carbonyl (C=O) groups excluding carboxylic acids is 2. The van der Waals surface area contributed by atoms with Gasteiger partial charge in [-0.05, 0) is 23.8 Å². The van der Waals surface area contributed by atoms with Gasteiger partial charge in [-0.25, -0.2) is 9.48 Å². The van der Waals surface area contributed by atoms with E-state index in [1.165, 1.54) is 13.2 Å². The first-order valence-corrected chi connectivity index (χ1v) is 9.64. The van der Waals surface area contributed by atoms with Crippen LogP contribution in [0.5, 0.6) is 5.75 Å². The van der Waals surface area contributed by atoms with Crippen molar-refractivity contribution in [3.8, 4) is 17.0 Å². The van der Waals surface area contributed by atoms with Crippen molar-refractivity contribution >= 4 is 11.9 Å². The van der Waals surface area contributed by atoms with Gasteiger partial charge in [0.15, 0.2) is 0 Å². The SMILES string of the molecule is COC(=O)C(Cc1ccccc1)NC(=O)Cn1nc(-c2cccc(OC)c2)ccc1=O. The van der Waals surface area contributed by atoms with E-state index in [1.807, 2.05) is 42.5 Å². The third-order valence-corrected chi connectivity index (χ3v) is 4.63. The number of ether oxygens (including phenoxy) is 2. The van der Waals surface area contributed by atoms with E-state index in [0.717, 1.165) is 15.8 Å². The third kappa shape index (κ3) is 5.79. The molecule has 1 unspecified atom stereocenters. The second-order valence-corrected chi connectivity index (χ2v) is 6.78. The van der Waals surface area contributed by atoms with Crippen molar-refractivity contribution in [1.29, 1.82) is 0 Å². The summed E-state index contributed by atoms with van der Waals surface area (Å²) in [6.45, 7) is -0.334. The Balaban J connectivity index is 1.76. The Labute approximate surface area is 179 Å². The highest BCUT2D eigenvalue weighted by Crippen LogP contribution is 2.21. The van der Waals surface area contributed by atoms with Crippen LogP contribution in [0.1, 0.15) is 5.56 Å². The normalized spacial score (nSPS) is 11.4. The minimum Gasteiger partial charge on any atom is -0.497 e. The van der Waals surface area contributed by atoms with Crippen LogP contribution in [0.3, 0.4) is 0 Å². The summed E-state index contributed by atoms with van der Waals surface area (Å²) in [6.07, 6.45) is 0.269. The van der Waals surface area contributed by atoms with Gasteiger partial charge >= 0.3 is 5.97 Å². The van der Waals surface area contributed by atoms with E-state index in [9.17, 15) is 14.4 Å². The first-order chi connectivity index (χ1) is 15.0. The van der Waals surface area contributed by atoms with Gasteiger partial charge in [0, 0.05) is 18.1 Å². The molecule has 8 nitrogen and oxygen atoms in total. The van der Waals surface area contributed by atoms with Gasteiger partial charge in [0.1, 0.15) is 18.3 Å². The molecule has 0 bridgehead atoms. The summed E-state index contributed by atoms with van der Waals surface area (Å²) in [4.78, 5) is 37.0. The predicted octanol–water partition coefficient (Wildman–Crippen LogP) is 1.82. The van der Waals surface area contributed by atoms with Gasteiger partial charge in [-0.3, -0.25) is 9.59 Å². The summed E-state index contributed by atoms with van der Waals surface area (Å²) in [6, 6.07) is 18.5. The lowest BCUT2D eigenvalue weighted by atomic mass is 10.1. The number of nitrogens with one attached hydrogen (secondary N) is 1. The molecule has 1 amide bonds. The standard InChI is InChI=1S/C23H23N3O5/c1-30-18-10-6-9-17(14-18)19-11-12-22(28)26(25-19)15-21(27)24-20(23(29)31-2)13-16-7-4-3-5-8-16/h3-12,14,20H,13,15H2,1-2H3,(H,24,27). The second kappa shape index (κ2) is 10.2. The zero-order chi connectivity index (χ0) is 22.2. The molecule has 0 saturated heterocycles. The van der Waals surface area contributed by atoms with E-state index in [4.69, 9.17) is 9.47 Å². The van der Waals surface area contributed by atoms with Gasteiger partial charge in [0.2, 0.25) is 5.91 Å². The smallest absolute Gasteiger partial charge is 0.328 e.